The molecular formula is C15H13BrClFN2S. The maximum Gasteiger partial charge on any atom is 0.161 e. The van der Waals surface area contributed by atoms with E-state index in [1.54, 1.807) is 18.2 Å². The molecule has 2 rings (SSSR count). The van der Waals surface area contributed by atoms with E-state index in [-0.39, 0.29) is 15.5 Å². The molecule has 0 spiro atoms. The van der Waals surface area contributed by atoms with Crippen molar-refractivity contribution >= 4 is 50.4 Å². The van der Waals surface area contributed by atoms with Crippen molar-refractivity contribution in [2.24, 2.45) is 5.73 Å². The van der Waals surface area contributed by atoms with Crippen molar-refractivity contribution in [1.29, 1.82) is 0 Å². The summed E-state index contributed by atoms with van der Waals surface area (Å²) in [6.45, 7) is 1.91. The minimum absolute atomic E-state index is 0.143. The highest BCUT2D eigenvalue weighted by Gasteiger charge is 2.16. The molecule has 0 radical (unpaired) electrons. The van der Waals surface area contributed by atoms with Gasteiger partial charge in [0, 0.05) is 10.6 Å². The van der Waals surface area contributed by atoms with E-state index in [1.807, 2.05) is 25.1 Å². The van der Waals surface area contributed by atoms with E-state index in [0.717, 1.165) is 5.56 Å². The Bertz CT molecular complexity index is 693. The molecule has 110 valence electrons. The van der Waals surface area contributed by atoms with Gasteiger partial charge < -0.3 is 11.1 Å². The Morgan fingerprint density at radius 1 is 1.33 bits per heavy atom. The molecule has 0 aliphatic carbocycles. The number of hydrogen-bond donors (Lipinski definition) is 2. The van der Waals surface area contributed by atoms with Crippen molar-refractivity contribution in [3.63, 3.8) is 0 Å². The molecule has 21 heavy (non-hydrogen) atoms. The summed E-state index contributed by atoms with van der Waals surface area (Å²) in [5.74, 6) is -0.431. The second kappa shape index (κ2) is 6.73. The van der Waals surface area contributed by atoms with Gasteiger partial charge in [0.05, 0.1) is 16.2 Å². The zero-order valence-corrected chi connectivity index (χ0v) is 14.3. The number of hydrogen-bond acceptors (Lipinski definition) is 2. The van der Waals surface area contributed by atoms with Gasteiger partial charge in [0.25, 0.3) is 0 Å². The third kappa shape index (κ3) is 3.54. The number of anilines is 1. The van der Waals surface area contributed by atoms with Gasteiger partial charge in [-0.1, -0.05) is 42.0 Å². The van der Waals surface area contributed by atoms with Crippen LogP contribution in [0.15, 0.2) is 40.9 Å². The first-order valence-corrected chi connectivity index (χ1v) is 7.78. The van der Waals surface area contributed by atoms with Crippen LogP contribution in [0.25, 0.3) is 0 Å². The number of benzene rings is 2. The predicted octanol–water partition coefficient (Wildman–Crippen LogP) is 5.05. The molecule has 0 bridgehead atoms. The molecular weight excluding hydrogens is 375 g/mol. The lowest BCUT2D eigenvalue weighted by Gasteiger charge is -2.18. The second-order valence-electron chi connectivity index (χ2n) is 4.54. The molecule has 6 heteroatoms. The van der Waals surface area contributed by atoms with Gasteiger partial charge in [-0.05, 0) is 46.6 Å². The van der Waals surface area contributed by atoms with Crippen LogP contribution in [0.2, 0.25) is 5.02 Å². The minimum atomic E-state index is -0.431. The Kier molecular flexibility index (Phi) is 5.19. The second-order valence-corrected chi connectivity index (χ2v) is 6.18. The van der Waals surface area contributed by atoms with Crippen molar-refractivity contribution < 1.29 is 4.39 Å². The first-order chi connectivity index (χ1) is 9.91. The summed E-state index contributed by atoms with van der Waals surface area (Å²) in [6.07, 6.45) is 0. The Hall–Kier alpha value is -1.17. The van der Waals surface area contributed by atoms with Crippen LogP contribution in [0, 0.1) is 5.82 Å². The van der Waals surface area contributed by atoms with Crippen molar-refractivity contribution in [2.45, 2.75) is 13.0 Å². The normalized spacial score (nSPS) is 12.0. The van der Waals surface area contributed by atoms with E-state index < -0.39 is 5.82 Å². The highest BCUT2D eigenvalue weighted by Crippen LogP contribution is 2.31. The number of nitrogens with one attached hydrogen (secondary N) is 1. The van der Waals surface area contributed by atoms with Crippen LogP contribution >= 0.6 is 39.7 Å². The van der Waals surface area contributed by atoms with Crippen LogP contribution in [0.3, 0.4) is 0 Å². The zero-order chi connectivity index (χ0) is 15.6. The van der Waals surface area contributed by atoms with E-state index in [4.69, 9.17) is 29.6 Å². The quantitative estimate of drug-likeness (QED) is 0.721. The van der Waals surface area contributed by atoms with Crippen LogP contribution < -0.4 is 11.1 Å². The summed E-state index contributed by atoms with van der Waals surface area (Å²) in [6, 6.07) is 10.6. The Morgan fingerprint density at radius 2 is 2.00 bits per heavy atom. The van der Waals surface area contributed by atoms with Crippen LogP contribution in [-0.2, 0) is 0 Å². The van der Waals surface area contributed by atoms with Gasteiger partial charge in [0.15, 0.2) is 5.82 Å². The van der Waals surface area contributed by atoms with Gasteiger partial charge in [0.2, 0.25) is 0 Å². The zero-order valence-electron chi connectivity index (χ0n) is 11.2. The molecule has 1 unspecified atom stereocenters. The Balaban J connectivity index is 2.30. The lowest BCUT2D eigenvalue weighted by molar-refractivity contribution is 0.620. The van der Waals surface area contributed by atoms with Crippen LogP contribution in [0.4, 0.5) is 10.1 Å². The van der Waals surface area contributed by atoms with Crippen molar-refractivity contribution in [3.8, 4) is 0 Å². The average molecular weight is 388 g/mol. The molecule has 0 saturated carbocycles. The van der Waals surface area contributed by atoms with E-state index in [1.165, 1.54) is 0 Å². The standard InChI is InChI=1S/C15H13BrClFN2S/c1-8(9-4-2-3-5-11(9)17)20-12-7-6-10(15(19)21)13(16)14(12)18/h2-8,20H,1H3,(H2,19,21). The van der Waals surface area contributed by atoms with Gasteiger partial charge in [-0.2, -0.15) is 0 Å². The Labute approximate surface area is 141 Å². The maximum absolute atomic E-state index is 14.3. The largest absolute Gasteiger partial charge is 0.389 e. The first kappa shape index (κ1) is 16.2. The predicted molar refractivity (Wildman–Crippen MR) is 93.5 cm³/mol. The average Bonchev–Trinajstić information content (AvgIpc) is 2.44. The van der Waals surface area contributed by atoms with Crippen LogP contribution in [0.5, 0.6) is 0 Å². The van der Waals surface area contributed by atoms with Gasteiger partial charge >= 0.3 is 0 Å². The number of halogens is 3. The van der Waals surface area contributed by atoms with Gasteiger partial charge in [0.1, 0.15) is 4.99 Å². The molecule has 0 amide bonds. The van der Waals surface area contributed by atoms with Gasteiger partial charge in [-0.15, -0.1) is 0 Å². The highest BCUT2D eigenvalue weighted by atomic mass is 79.9. The molecule has 1 atom stereocenters. The monoisotopic (exact) mass is 386 g/mol. The number of nitrogens with two attached hydrogens (primary N) is 1. The fraction of sp³-hybridized carbons (Fsp3) is 0.133. The third-order valence-corrected chi connectivity index (χ3v) is 4.43. The summed E-state index contributed by atoms with van der Waals surface area (Å²) in [5.41, 5.74) is 7.27. The van der Waals surface area contributed by atoms with E-state index in [9.17, 15) is 4.39 Å². The minimum Gasteiger partial charge on any atom is -0.389 e. The topological polar surface area (TPSA) is 38.0 Å². The van der Waals surface area contributed by atoms with Crippen molar-refractivity contribution in [2.75, 3.05) is 5.32 Å². The Morgan fingerprint density at radius 3 is 2.62 bits per heavy atom. The van der Waals surface area contributed by atoms with Crippen molar-refractivity contribution in [1.82, 2.24) is 0 Å². The lowest BCUT2D eigenvalue weighted by atomic mass is 10.1. The van der Waals surface area contributed by atoms with Crippen LogP contribution in [0.1, 0.15) is 24.1 Å². The molecule has 0 heterocycles. The van der Waals surface area contributed by atoms with Crippen molar-refractivity contribution in [3.05, 3.63) is 62.8 Å². The molecule has 2 aromatic rings. The van der Waals surface area contributed by atoms with Crippen LogP contribution in [-0.4, -0.2) is 4.99 Å². The van der Waals surface area contributed by atoms with Gasteiger partial charge in [-0.25, -0.2) is 4.39 Å². The number of rotatable bonds is 4. The number of thiocarbonyl (C=S) groups is 1. The molecule has 3 N–H and O–H groups in total. The SMILES string of the molecule is CC(Nc1ccc(C(N)=S)c(Br)c1F)c1ccccc1Cl. The summed E-state index contributed by atoms with van der Waals surface area (Å²) >= 11 is 14.2. The molecule has 0 fully saturated rings. The summed E-state index contributed by atoms with van der Waals surface area (Å²) in [7, 11) is 0. The van der Waals surface area contributed by atoms with Gasteiger partial charge in [-0.3, -0.25) is 0 Å². The lowest BCUT2D eigenvalue weighted by Crippen LogP contribution is -2.13. The molecule has 0 saturated heterocycles. The maximum atomic E-state index is 14.3. The summed E-state index contributed by atoms with van der Waals surface area (Å²) in [4.78, 5) is 0.145. The fourth-order valence-electron chi connectivity index (χ4n) is 1.99. The molecule has 0 aromatic heterocycles. The highest BCUT2D eigenvalue weighted by molar-refractivity contribution is 9.10. The molecule has 0 aliphatic heterocycles. The smallest absolute Gasteiger partial charge is 0.161 e. The summed E-state index contributed by atoms with van der Waals surface area (Å²) < 4.78 is 14.6. The summed E-state index contributed by atoms with van der Waals surface area (Å²) in [5, 5.41) is 3.74. The van der Waals surface area contributed by atoms with E-state index in [0.29, 0.717) is 16.3 Å². The first-order valence-electron chi connectivity index (χ1n) is 6.20. The fourth-order valence-corrected chi connectivity index (χ4v) is 3.15. The molecule has 0 aliphatic rings. The molecule has 2 aromatic carbocycles. The molecule has 2 nitrogen and oxygen atoms in total. The van der Waals surface area contributed by atoms with E-state index >= 15 is 0 Å². The van der Waals surface area contributed by atoms with E-state index in [2.05, 4.69) is 21.2 Å². The third-order valence-electron chi connectivity index (χ3n) is 3.09.